The number of aliphatic imine (C=N–C) groups is 1. The Morgan fingerprint density at radius 2 is 2.08 bits per heavy atom. The van der Waals surface area contributed by atoms with E-state index >= 15 is 0 Å². The first-order chi connectivity index (χ1) is 17.5. The van der Waals surface area contributed by atoms with Crippen LogP contribution in [-0.4, -0.2) is 36.8 Å². The second kappa shape index (κ2) is 11.7. The third-order valence-electron chi connectivity index (χ3n) is 6.42. The number of amides is 1. The van der Waals surface area contributed by atoms with E-state index < -0.39 is 0 Å². The van der Waals surface area contributed by atoms with Crippen LogP contribution in [0.4, 0.5) is 0 Å². The van der Waals surface area contributed by atoms with E-state index in [2.05, 4.69) is 47.1 Å². The number of fused-ring (bicyclic) bond motifs is 1. The summed E-state index contributed by atoms with van der Waals surface area (Å²) in [7, 11) is 0. The van der Waals surface area contributed by atoms with Crippen molar-refractivity contribution in [3.63, 3.8) is 0 Å². The highest BCUT2D eigenvalue weighted by molar-refractivity contribution is 5.95. The molecule has 6 nitrogen and oxygen atoms in total. The van der Waals surface area contributed by atoms with Crippen molar-refractivity contribution in [2.45, 2.75) is 33.3 Å². The predicted molar refractivity (Wildman–Crippen MR) is 144 cm³/mol. The minimum atomic E-state index is -0.266. The Morgan fingerprint density at radius 3 is 2.78 bits per heavy atom. The first-order valence-electron chi connectivity index (χ1n) is 12.2. The normalized spacial score (nSPS) is 20.6. The van der Waals surface area contributed by atoms with Crippen LogP contribution in [0.5, 0.6) is 5.75 Å². The summed E-state index contributed by atoms with van der Waals surface area (Å²) in [6, 6.07) is 7.09. The molecule has 1 saturated heterocycles. The molecule has 186 valence electrons. The monoisotopic (exact) mass is 483 g/mol. The maximum Gasteiger partial charge on any atom is 0.255 e. The molecule has 1 amide bonds. The molecule has 36 heavy (non-hydrogen) atoms. The number of ether oxygens (including phenoxy) is 2. The summed E-state index contributed by atoms with van der Waals surface area (Å²) in [6.07, 6.45) is 18.7. The van der Waals surface area contributed by atoms with Crippen molar-refractivity contribution in [2.24, 2.45) is 10.9 Å². The van der Waals surface area contributed by atoms with Gasteiger partial charge in [0.15, 0.2) is 0 Å². The summed E-state index contributed by atoms with van der Waals surface area (Å²) in [5.41, 5.74) is 5.49. The summed E-state index contributed by atoms with van der Waals surface area (Å²) in [6.45, 7) is 11.1. The van der Waals surface area contributed by atoms with E-state index in [-0.39, 0.29) is 12.0 Å². The third kappa shape index (κ3) is 5.83. The minimum absolute atomic E-state index is 0.182. The van der Waals surface area contributed by atoms with Gasteiger partial charge in [0.1, 0.15) is 11.9 Å². The van der Waals surface area contributed by atoms with E-state index in [1.807, 2.05) is 50.4 Å². The average Bonchev–Trinajstić information content (AvgIpc) is 3.37. The number of allylic oxidation sites excluding steroid dienone is 9. The second-order valence-electron chi connectivity index (χ2n) is 8.85. The number of rotatable bonds is 8. The molecule has 3 aliphatic heterocycles. The molecule has 1 fully saturated rings. The van der Waals surface area contributed by atoms with Crippen LogP contribution in [0.15, 0.2) is 112 Å². The van der Waals surface area contributed by atoms with Crippen LogP contribution in [0.2, 0.25) is 0 Å². The molecular weight excluding hydrogens is 450 g/mol. The molecule has 0 aliphatic carbocycles. The first kappa shape index (κ1) is 25.2. The molecule has 0 saturated carbocycles. The summed E-state index contributed by atoms with van der Waals surface area (Å²) < 4.78 is 11.6. The number of benzene rings is 1. The molecule has 1 aromatic carbocycles. The highest BCUT2D eigenvalue weighted by atomic mass is 16.5. The van der Waals surface area contributed by atoms with Crippen molar-refractivity contribution >= 4 is 12.6 Å². The van der Waals surface area contributed by atoms with E-state index in [9.17, 15) is 4.79 Å². The third-order valence-corrected chi connectivity index (χ3v) is 6.42. The second-order valence-corrected chi connectivity index (χ2v) is 8.85. The molecule has 0 spiro atoms. The Bertz CT molecular complexity index is 1210. The number of carbonyl (C=O) groups is 1. The molecule has 4 rings (SSSR count). The van der Waals surface area contributed by atoms with Gasteiger partial charge in [0.2, 0.25) is 0 Å². The fraction of sp³-hybridized carbons (Fsp3) is 0.267. The van der Waals surface area contributed by atoms with Gasteiger partial charge in [0.05, 0.1) is 18.0 Å². The highest BCUT2D eigenvalue weighted by Gasteiger charge is 2.25. The van der Waals surface area contributed by atoms with E-state index in [0.717, 1.165) is 42.4 Å². The molecule has 6 heteroatoms. The van der Waals surface area contributed by atoms with Gasteiger partial charge in [-0.2, -0.15) is 0 Å². The van der Waals surface area contributed by atoms with E-state index in [1.54, 1.807) is 24.3 Å². The Kier molecular flexibility index (Phi) is 8.18. The maximum atomic E-state index is 13.0. The molecule has 1 aromatic rings. The lowest BCUT2D eigenvalue weighted by Crippen LogP contribution is -2.27. The first-order valence-corrected chi connectivity index (χ1v) is 12.2. The van der Waals surface area contributed by atoms with Crippen LogP contribution in [0, 0.1) is 5.92 Å². The van der Waals surface area contributed by atoms with Crippen molar-refractivity contribution in [1.82, 2.24) is 10.2 Å². The van der Waals surface area contributed by atoms with Gasteiger partial charge >= 0.3 is 0 Å². The van der Waals surface area contributed by atoms with Gasteiger partial charge in [-0.1, -0.05) is 24.3 Å². The fourth-order valence-electron chi connectivity index (χ4n) is 4.40. The van der Waals surface area contributed by atoms with Crippen molar-refractivity contribution < 1.29 is 14.3 Å². The highest BCUT2D eigenvalue weighted by Crippen LogP contribution is 2.32. The zero-order valence-electron chi connectivity index (χ0n) is 21.1. The van der Waals surface area contributed by atoms with Gasteiger partial charge in [0, 0.05) is 35.7 Å². The summed E-state index contributed by atoms with van der Waals surface area (Å²) in [5.74, 6) is 0.868. The number of hydrogen-bond donors (Lipinski definition) is 1. The van der Waals surface area contributed by atoms with Gasteiger partial charge in [-0.05, 0) is 88.1 Å². The SMILES string of the molecule is C=N/C(=C\C=C/C)C(C)Oc1ccc(C(=O)NC2=CN3C(=CC=CC(C4CCOC4)=C3C)C=C2)cc1. The van der Waals surface area contributed by atoms with Crippen LogP contribution in [-0.2, 0) is 4.74 Å². The molecule has 1 N–H and O–H groups in total. The van der Waals surface area contributed by atoms with E-state index in [4.69, 9.17) is 9.47 Å². The topological polar surface area (TPSA) is 63.2 Å². The lowest BCUT2D eigenvalue weighted by Gasteiger charge is -2.28. The van der Waals surface area contributed by atoms with Crippen LogP contribution in [0.25, 0.3) is 0 Å². The lowest BCUT2D eigenvalue weighted by atomic mass is 9.96. The molecule has 3 aliphatic rings. The molecular formula is C30H33N3O3. The van der Waals surface area contributed by atoms with Crippen molar-refractivity contribution in [3.05, 3.63) is 113 Å². The lowest BCUT2D eigenvalue weighted by molar-refractivity contribution is 0.0966. The molecule has 2 unspecified atom stereocenters. The summed E-state index contributed by atoms with van der Waals surface area (Å²) in [5, 5.41) is 3.02. The molecule has 0 bridgehead atoms. The molecule has 0 aromatic heterocycles. The smallest absolute Gasteiger partial charge is 0.255 e. The number of nitrogens with zero attached hydrogens (tertiary/aromatic N) is 2. The molecule has 2 atom stereocenters. The van der Waals surface area contributed by atoms with Gasteiger partial charge in [-0.3, -0.25) is 9.79 Å². The van der Waals surface area contributed by atoms with Gasteiger partial charge in [0.25, 0.3) is 5.91 Å². The Balaban J connectivity index is 1.44. The molecule has 0 radical (unpaired) electrons. The van der Waals surface area contributed by atoms with Crippen LogP contribution < -0.4 is 10.1 Å². The zero-order valence-corrected chi connectivity index (χ0v) is 21.1. The number of nitrogens with one attached hydrogen (secondary N) is 1. The van der Waals surface area contributed by atoms with E-state index in [1.165, 1.54) is 5.57 Å². The van der Waals surface area contributed by atoms with E-state index in [0.29, 0.717) is 17.2 Å². The predicted octanol–water partition coefficient (Wildman–Crippen LogP) is 5.82. The quantitative estimate of drug-likeness (QED) is 0.374. The summed E-state index contributed by atoms with van der Waals surface area (Å²) in [4.78, 5) is 19.1. The number of carbonyl (C=O) groups excluding carboxylic acids is 1. The molecule has 3 heterocycles. The van der Waals surface area contributed by atoms with Crippen LogP contribution in [0.1, 0.15) is 37.6 Å². The van der Waals surface area contributed by atoms with Crippen LogP contribution in [0.3, 0.4) is 0 Å². The minimum Gasteiger partial charge on any atom is -0.484 e. The van der Waals surface area contributed by atoms with Crippen LogP contribution >= 0.6 is 0 Å². The van der Waals surface area contributed by atoms with Crippen molar-refractivity contribution in [1.29, 1.82) is 0 Å². The van der Waals surface area contributed by atoms with Gasteiger partial charge < -0.3 is 19.7 Å². The zero-order chi connectivity index (χ0) is 25.5. The largest absolute Gasteiger partial charge is 0.484 e. The Labute approximate surface area is 213 Å². The fourth-order valence-corrected chi connectivity index (χ4v) is 4.40. The maximum absolute atomic E-state index is 13.0. The Hall–Kier alpha value is -3.90. The van der Waals surface area contributed by atoms with Crippen molar-refractivity contribution in [2.75, 3.05) is 13.2 Å². The number of hydrogen-bond acceptors (Lipinski definition) is 5. The average molecular weight is 484 g/mol. The van der Waals surface area contributed by atoms with Gasteiger partial charge in [-0.25, -0.2) is 0 Å². The summed E-state index contributed by atoms with van der Waals surface area (Å²) >= 11 is 0. The van der Waals surface area contributed by atoms with Crippen molar-refractivity contribution in [3.8, 4) is 5.75 Å². The Morgan fingerprint density at radius 1 is 1.28 bits per heavy atom. The standard InChI is InChI=1S/C30H33N3O3/c1-5-6-10-29(31-4)22(3)36-27-15-11-23(12-16-27)30(34)32-25-13-14-26-8-7-9-28(21(2)33(26)19-25)24-17-18-35-20-24/h5-16,19,22,24H,4,17-18,20H2,1-3H3,(H,32,34)/b6-5-,29-10-. The van der Waals surface area contributed by atoms with Gasteiger partial charge in [-0.15, -0.1) is 0 Å².